The first-order valence-corrected chi connectivity index (χ1v) is 6.51. The molecule has 108 valence electrons. The summed E-state index contributed by atoms with van der Waals surface area (Å²) in [7, 11) is 0. The fourth-order valence-corrected chi connectivity index (χ4v) is 1.62. The average molecular weight is 277 g/mol. The van der Waals surface area contributed by atoms with E-state index >= 15 is 0 Å². The molecule has 1 aromatic rings. The maximum atomic E-state index is 11.6. The summed E-state index contributed by atoms with van der Waals surface area (Å²) in [6.07, 6.45) is 2.68. The van der Waals surface area contributed by atoms with E-state index in [0.717, 1.165) is 18.1 Å². The SMILES string of the molecule is CCC[C@@H](/C=C/C(=O)O)OC(=O)NCc1ccccc1. The second kappa shape index (κ2) is 8.74. The second-order valence-electron chi connectivity index (χ2n) is 4.27. The number of carbonyl (C=O) groups excluding carboxylic acids is 1. The van der Waals surface area contributed by atoms with Crippen LogP contribution in [0.2, 0.25) is 0 Å². The van der Waals surface area contributed by atoms with E-state index in [1.54, 1.807) is 0 Å². The van der Waals surface area contributed by atoms with Crippen LogP contribution >= 0.6 is 0 Å². The Kier molecular flexibility index (Phi) is 6.89. The zero-order valence-corrected chi connectivity index (χ0v) is 11.4. The fraction of sp³-hybridized carbons (Fsp3) is 0.333. The predicted molar refractivity (Wildman–Crippen MR) is 75.2 cm³/mol. The highest BCUT2D eigenvalue weighted by Gasteiger charge is 2.10. The van der Waals surface area contributed by atoms with Crippen molar-refractivity contribution in [2.45, 2.75) is 32.4 Å². The highest BCUT2D eigenvalue weighted by molar-refractivity contribution is 5.79. The van der Waals surface area contributed by atoms with Crippen molar-refractivity contribution in [2.75, 3.05) is 0 Å². The van der Waals surface area contributed by atoms with Crippen molar-refractivity contribution in [3.63, 3.8) is 0 Å². The van der Waals surface area contributed by atoms with E-state index in [4.69, 9.17) is 9.84 Å². The van der Waals surface area contributed by atoms with Crippen LogP contribution in [0.25, 0.3) is 0 Å². The smallest absolute Gasteiger partial charge is 0.407 e. The summed E-state index contributed by atoms with van der Waals surface area (Å²) >= 11 is 0. The number of amides is 1. The number of aliphatic carboxylic acids is 1. The van der Waals surface area contributed by atoms with Crippen LogP contribution in [0, 0.1) is 0 Å². The van der Waals surface area contributed by atoms with E-state index < -0.39 is 18.2 Å². The lowest BCUT2D eigenvalue weighted by molar-refractivity contribution is -0.131. The van der Waals surface area contributed by atoms with Gasteiger partial charge in [-0.15, -0.1) is 0 Å². The minimum atomic E-state index is -1.06. The van der Waals surface area contributed by atoms with Gasteiger partial charge in [0.05, 0.1) is 0 Å². The standard InChI is InChI=1S/C15H19NO4/c1-2-6-13(9-10-14(17)18)20-15(19)16-11-12-7-4-3-5-8-12/h3-5,7-10,13H,2,6,11H2,1H3,(H,16,19)(H,17,18)/b10-9+/t13-/m0/s1. The molecular formula is C15H19NO4. The number of carboxylic acid groups (broad SMARTS) is 1. The third kappa shape index (κ3) is 6.58. The van der Waals surface area contributed by atoms with E-state index in [1.165, 1.54) is 6.08 Å². The first-order chi connectivity index (χ1) is 9.61. The van der Waals surface area contributed by atoms with Crippen LogP contribution < -0.4 is 5.32 Å². The summed E-state index contributed by atoms with van der Waals surface area (Å²) in [6.45, 7) is 2.31. The molecule has 0 aliphatic heterocycles. The Morgan fingerprint density at radius 2 is 2.05 bits per heavy atom. The Balaban J connectivity index is 2.43. The zero-order valence-electron chi connectivity index (χ0n) is 11.4. The molecule has 0 heterocycles. The van der Waals surface area contributed by atoms with Gasteiger partial charge in [-0.2, -0.15) is 0 Å². The Labute approximate surface area is 118 Å². The highest BCUT2D eigenvalue weighted by Crippen LogP contribution is 2.05. The van der Waals surface area contributed by atoms with Crippen molar-refractivity contribution >= 4 is 12.1 Å². The maximum absolute atomic E-state index is 11.6. The van der Waals surface area contributed by atoms with Crippen LogP contribution in [0.15, 0.2) is 42.5 Å². The fourth-order valence-electron chi connectivity index (χ4n) is 1.62. The summed E-state index contributed by atoms with van der Waals surface area (Å²) < 4.78 is 5.16. The van der Waals surface area contributed by atoms with Gasteiger partial charge in [0.1, 0.15) is 6.10 Å². The molecule has 0 unspecified atom stereocenters. The number of carboxylic acids is 1. The second-order valence-corrected chi connectivity index (χ2v) is 4.27. The molecule has 0 aromatic heterocycles. The van der Waals surface area contributed by atoms with Gasteiger partial charge in [0.2, 0.25) is 0 Å². The van der Waals surface area contributed by atoms with Crippen molar-refractivity contribution in [2.24, 2.45) is 0 Å². The number of carbonyl (C=O) groups is 2. The molecular weight excluding hydrogens is 258 g/mol. The lowest BCUT2D eigenvalue weighted by atomic mass is 10.2. The van der Waals surface area contributed by atoms with Crippen molar-refractivity contribution in [3.8, 4) is 0 Å². The minimum Gasteiger partial charge on any atom is -0.478 e. The number of nitrogens with one attached hydrogen (secondary N) is 1. The molecule has 5 nitrogen and oxygen atoms in total. The summed E-state index contributed by atoms with van der Waals surface area (Å²) in [5.74, 6) is -1.06. The summed E-state index contributed by atoms with van der Waals surface area (Å²) in [5.41, 5.74) is 0.970. The largest absolute Gasteiger partial charge is 0.478 e. The normalized spacial score (nSPS) is 12.1. The van der Waals surface area contributed by atoms with Crippen molar-refractivity contribution in [1.82, 2.24) is 5.32 Å². The van der Waals surface area contributed by atoms with Gasteiger partial charge in [0, 0.05) is 12.6 Å². The van der Waals surface area contributed by atoms with E-state index in [2.05, 4.69) is 5.32 Å². The lowest BCUT2D eigenvalue weighted by Crippen LogP contribution is -2.28. The summed E-state index contributed by atoms with van der Waals surface area (Å²) in [6, 6.07) is 9.47. The van der Waals surface area contributed by atoms with Gasteiger partial charge in [-0.1, -0.05) is 43.7 Å². The first-order valence-electron chi connectivity index (χ1n) is 6.51. The molecule has 0 radical (unpaired) electrons. The van der Waals surface area contributed by atoms with Crippen molar-refractivity contribution in [3.05, 3.63) is 48.0 Å². The molecule has 0 aliphatic carbocycles. The number of ether oxygens (including phenoxy) is 1. The van der Waals surface area contributed by atoms with Gasteiger partial charge in [-0.05, 0) is 18.1 Å². The Morgan fingerprint density at radius 3 is 2.65 bits per heavy atom. The monoisotopic (exact) mass is 277 g/mol. The molecule has 2 N–H and O–H groups in total. The van der Waals surface area contributed by atoms with Crippen molar-refractivity contribution in [1.29, 1.82) is 0 Å². The van der Waals surface area contributed by atoms with Crippen molar-refractivity contribution < 1.29 is 19.4 Å². The van der Waals surface area contributed by atoms with Crippen LogP contribution in [0.3, 0.4) is 0 Å². The quantitative estimate of drug-likeness (QED) is 0.751. The van der Waals surface area contributed by atoms with Gasteiger partial charge in [0.25, 0.3) is 0 Å². The molecule has 1 amide bonds. The molecule has 20 heavy (non-hydrogen) atoms. The molecule has 1 aromatic carbocycles. The summed E-state index contributed by atoms with van der Waals surface area (Å²) in [4.78, 5) is 22.1. The molecule has 0 saturated heterocycles. The molecule has 1 atom stereocenters. The van der Waals surface area contributed by atoms with E-state index in [-0.39, 0.29) is 0 Å². The van der Waals surface area contributed by atoms with Gasteiger partial charge in [-0.3, -0.25) is 0 Å². The Hall–Kier alpha value is -2.30. The molecule has 0 fully saturated rings. The summed E-state index contributed by atoms with van der Waals surface area (Å²) in [5, 5.41) is 11.2. The van der Waals surface area contributed by atoms with E-state index in [1.807, 2.05) is 37.3 Å². The van der Waals surface area contributed by atoms with Crippen LogP contribution in [0.4, 0.5) is 4.79 Å². The number of rotatable bonds is 7. The number of alkyl carbamates (subject to hydrolysis) is 1. The number of hydrogen-bond acceptors (Lipinski definition) is 3. The van der Waals surface area contributed by atoms with Gasteiger partial charge in [0.15, 0.2) is 0 Å². The predicted octanol–water partition coefficient (Wildman–Crippen LogP) is 2.72. The average Bonchev–Trinajstić information content (AvgIpc) is 2.44. The topological polar surface area (TPSA) is 75.6 Å². The molecule has 5 heteroatoms. The molecule has 0 spiro atoms. The molecule has 0 bridgehead atoms. The number of benzene rings is 1. The van der Waals surface area contributed by atoms with E-state index in [0.29, 0.717) is 13.0 Å². The zero-order chi connectivity index (χ0) is 14.8. The van der Waals surface area contributed by atoms with Crippen LogP contribution in [0.5, 0.6) is 0 Å². The Bertz CT molecular complexity index is 456. The third-order valence-corrected chi connectivity index (χ3v) is 2.56. The molecule has 0 saturated carbocycles. The maximum Gasteiger partial charge on any atom is 0.407 e. The third-order valence-electron chi connectivity index (χ3n) is 2.56. The Morgan fingerprint density at radius 1 is 1.35 bits per heavy atom. The van der Waals surface area contributed by atoms with Gasteiger partial charge in [-0.25, -0.2) is 9.59 Å². The first kappa shape index (κ1) is 15.8. The van der Waals surface area contributed by atoms with Crippen LogP contribution in [-0.2, 0) is 16.1 Å². The van der Waals surface area contributed by atoms with E-state index in [9.17, 15) is 9.59 Å². The van der Waals surface area contributed by atoms with Gasteiger partial charge >= 0.3 is 12.1 Å². The van der Waals surface area contributed by atoms with Crippen LogP contribution in [-0.4, -0.2) is 23.3 Å². The highest BCUT2D eigenvalue weighted by atomic mass is 16.6. The van der Waals surface area contributed by atoms with Gasteiger partial charge < -0.3 is 15.2 Å². The lowest BCUT2D eigenvalue weighted by Gasteiger charge is -2.14. The number of hydrogen-bond donors (Lipinski definition) is 2. The minimum absolute atomic E-state index is 0.376. The molecule has 0 aliphatic rings. The molecule has 1 rings (SSSR count). The van der Waals surface area contributed by atoms with Crippen LogP contribution in [0.1, 0.15) is 25.3 Å².